The molecule has 5 unspecified atom stereocenters. The number of nitrogens with zero attached hydrogens (tertiary/aromatic N) is 5. The van der Waals surface area contributed by atoms with Gasteiger partial charge in [0.2, 0.25) is 0 Å². The van der Waals surface area contributed by atoms with Crippen LogP contribution in [0.3, 0.4) is 0 Å². The van der Waals surface area contributed by atoms with Crippen molar-refractivity contribution in [2.75, 3.05) is 12.9 Å². The van der Waals surface area contributed by atoms with Crippen LogP contribution in [0.1, 0.15) is 6.23 Å². The molecule has 0 amide bonds. The largest absolute Gasteiger partial charge is 0.394 e. The Morgan fingerprint density at radius 1 is 1.25 bits per heavy atom. The molecule has 1 saturated heterocycles. The van der Waals surface area contributed by atoms with Crippen molar-refractivity contribution in [3.8, 4) is 0 Å². The molecule has 3 rings (SSSR count). The molecule has 12 heteroatoms. The summed E-state index contributed by atoms with van der Waals surface area (Å²) in [7, 11) is 1.55. The number of hydrogen-bond acceptors (Lipinski definition) is 10. The van der Waals surface area contributed by atoms with Crippen LogP contribution >= 0.6 is 11.8 Å². The SMILES string of the molecule is CSc1nc2c(nnn2C2OC(CO)C(O)C(O)C2O)c(=O)n1C. The third-order valence-corrected chi connectivity index (χ3v) is 4.69. The summed E-state index contributed by atoms with van der Waals surface area (Å²) in [4.78, 5) is 16.6. The van der Waals surface area contributed by atoms with Crippen LogP contribution in [0.2, 0.25) is 0 Å². The average molecular weight is 359 g/mol. The maximum Gasteiger partial charge on any atom is 0.284 e. The summed E-state index contributed by atoms with van der Waals surface area (Å²) in [5, 5.41) is 47.1. The molecule has 0 saturated carbocycles. The molecular formula is C12H17N5O6S. The molecule has 3 heterocycles. The first-order valence-electron chi connectivity index (χ1n) is 7.07. The van der Waals surface area contributed by atoms with Crippen LogP contribution in [-0.2, 0) is 11.8 Å². The van der Waals surface area contributed by atoms with E-state index >= 15 is 0 Å². The number of aromatic nitrogens is 5. The van der Waals surface area contributed by atoms with Crippen molar-refractivity contribution in [3.05, 3.63) is 10.4 Å². The standard InChI is InChI=1S/C12H17N5O6S/c1-16-10(22)5-9(13-12(16)24-2)17(15-14-5)11-8(21)7(20)6(19)4(3-18)23-11/h4,6-8,11,18-21H,3H2,1-2H3. The molecule has 2 aromatic rings. The number of hydrogen-bond donors (Lipinski definition) is 4. The zero-order valence-corrected chi connectivity index (χ0v) is 13.7. The minimum absolute atomic E-state index is 0.0211. The molecule has 1 aliphatic heterocycles. The molecule has 132 valence electrons. The summed E-state index contributed by atoms with van der Waals surface area (Å²) in [5.74, 6) is 0. The van der Waals surface area contributed by atoms with Gasteiger partial charge in [0.25, 0.3) is 5.56 Å². The fourth-order valence-corrected chi connectivity index (χ4v) is 3.11. The predicted octanol–water partition coefficient (Wildman–Crippen LogP) is -2.78. The molecule has 0 aliphatic carbocycles. The smallest absolute Gasteiger partial charge is 0.284 e. The van der Waals surface area contributed by atoms with Crippen LogP contribution in [0.15, 0.2) is 9.95 Å². The van der Waals surface area contributed by atoms with Crippen LogP contribution in [0, 0.1) is 0 Å². The molecule has 0 spiro atoms. The van der Waals surface area contributed by atoms with E-state index in [0.29, 0.717) is 5.16 Å². The molecule has 24 heavy (non-hydrogen) atoms. The fourth-order valence-electron chi connectivity index (χ4n) is 2.58. The Labute approximate surface area is 139 Å². The monoisotopic (exact) mass is 359 g/mol. The first kappa shape index (κ1) is 17.3. The van der Waals surface area contributed by atoms with E-state index in [4.69, 9.17) is 4.74 Å². The molecule has 0 radical (unpaired) electrons. The summed E-state index contributed by atoms with van der Waals surface area (Å²) in [6.07, 6.45) is -5.21. The van der Waals surface area contributed by atoms with Crippen molar-refractivity contribution in [2.24, 2.45) is 7.05 Å². The topological polar surface area (TPSA) is 156 Å². The molecule has 5 atom stereocenters. The quantitative estimate of drug-likeness (QED) is 0.334. The van der Waals surface area contributed by atoms with Crippen LogP contribution < -0.4 is 5.56 Å². The molecule has 0 bridgehead atoms. The molecule has 1 fully saturated rings. The Kier molecular flexibility index (Phi) is 4.59. The van der Waals surface area contributed by atoms with Gasteiger partial charge in [-0.25, -0.2) is 4.98 Å². The number of ether oxygens (including phenoxy) is 1. The minimum Gasteiger partial charge on any atom is -0.394 e. The van der Waals surface area contributed by atoms with Gasteiger partial charge in [0.05, 0.1) is 6.61 Å². The van der Waals surface area contributed by atoms with Crippen molar-refractivity contribution >= 4 is 22.9 Å². The van der Waals surface area contributed by atoms with Crippen LogP contribution in [-0.4, -0.2) is 82.2 Å². The summed E-state index contributed by atoms with van der Waals surface area (Å²) < 4.78 is 7.81. The van der Waals surface area contributed by atoms with Gasteiger partial charge < -0.3 is 25.2 Å². The summed E-state index contributed by atoms with van der Waals surface area (Å²) >= 11 is 1.24. The molecule has 2 aromatic heterocycles. The zero-order chi connectivity index (χ0) is 17.6. The normalized spacial score (nSPS) is 30.8. The highest BCUT2D eigenvalue weighted by Gasteiger charge is 2.45. The van der Waals surface area contributed by atoms with Gasteiger partial charge in [-0.3, -0.25) is 9.36 Å². The second kappa shape index (κ2) is 6.38. The number of aliphatic hydroxyl groups is 4. The fraction of sp³-hybridized carbons (Fsp3) is 0.667. The molecule has 4 N–H and O–H groups in total. The van der Waals surface area contributed by atoms with Crippen LogP contribution in [0.25, 0.3) is 11.2 Å². The summed E-state index contributed by atoms with van der Waals surface area (Å²) in [6, 6.07) is 0. The van der Waals surface area contributed by atoms with E-state index in [1.165, 1.54) is 16.3 Å². The van der Waals surface area contributed by atoms with E-state index in [-0.39, 0.29) is 11.2 Å². The predicted molar refractivity (Wildman–Crippen MR) is 81.4 cm³/mol. The van der Waals surface area contributed by atoms with Crippen molar-refractivity contribution in [2.45, 2.75) is 35.8 Å². The Hall–Kier alpha value is -1.57. The van der Waals surface area contributed by atoms with E-state index in [1.54, 1.807) is 13.3 Å². The Bertz CT molecular complexity index is 807. The Morgan fingerprint density at radius 3 is 2.58 bits per heavy atom. The third-order valence-electron chi connectivity index (χ3n) is 3.96. The Balaban J connectivity index is 2.12. The van der Waals surface area contributed by atoms with Crippen molar-refractivity contribution in [1.29, 1.82) is 0 Å². The minimum atomic E-state index is -1.56. The van der Waals surface area contributed by atoms with Crippen LogP contribution in [0.4, 0.5) is 0 Å². The third kappa shape index (κ3) is 2.51. The second-order valence-electron chi connectivity index (χ2n) is 5.39. The van der Waals surface area contributed by atoms with Crippen LogP contribution in [0.5, 0.6) is 0 Å². The zero-order valence-electron chi connectivity index (χ0n) is 12.8. The summed E-state index contributed by atoms with van der Waals surface area (Å²) in [5.41, 5.74) is -0.362. The lowest BCUT2D eigenvalue weighted by Crippen LogP contribution is -2.56. The van der Waals surface area contributed by atoms with Gasteiger partial charge in [-0.05, 0) is 6.26 Å². The van der Waals surface area contributed by atoms with Crippen molar-refractivity contribution in [3.63, 3.8) is 0 Å². The highest BCUT2D eigenvalue weighted by molar-refractivity contribution is 7.98. The number of fused-ring (bicyclic) bond motifs is 1. The second-order valence-corrected chi connectivity index (χ2v) is 6.16. The van der Waals surface area contributed by atoms with Gasteiger partial charge in [-0.2, -0.15) is 4.68 Å². The van der Waals surface area contributed by atoms with Gasteiger partial charge in [-0.15, -0.1) is 5.10 Å². The van der Waals surface area contributed by atoms with E-state index in [2.05, 4.69) is 15.3 Å². The van der Waals surface area contributed by atoms with E-state index in [1.807, 2.05) is 0 Å². The van der Waals surface area contributed by atoms with Gasteiger partial charge in [0.15, 0.2) is 22.5 Å². The Morgan fingerprint density at radius 2 is 1.96 bits per heavy atom. The maximum atomic E-state index is 12.3. The number of aliphatic hydroxyl groups excluding tert-OH is 4. The van der Waals surface area contributed by atoms with E-state index < -0.39 is 42.8 Å². The highest BCUT2D eigenvalue weighted by Crippen LogP contribution is 2.29. The molecule has 1 aliphatic rings. The lowest BCUT2D eigenvalue weighted by molar-refractivity contribution is -0.253. The van der Waals surface area contributed by atoms with Gasteiger partial charge >= 0.3 is 0 Å². The van der Waals surface area contributed by atoms with Crippen molar-refractivity contribution < 1.29 is 25.2 Å². The van der Waals surface area contributed by atoms with E-state index in [9.17, 15) is 25.2 Å². The molecule has 0 aromatic carbocycles. The van der Waals surface area contributed by atoms with Gasteiger partial charge in [0, 0.05) is 7.05 Å². The van der Waals surface area contributed by atoms with Crippen molar-refractivity contribution in [1.82, 2.24) is 24.5 Å². The summed E-state index contributed by atoms with van der Waals surface area (Å²) in [6.45, 7) is -0.570. The van der Waals surface area contributed by atoms with Gasteiger partial charge in [-0.1, -0.05) is 17.0 Å². The maximum absolute atomic E-state index is 12.3. The number of thioether (sulfide) groups is 1. The van der Waals surface area contributed by atoms with Gasteiger partial charge in [0.1, 0.15) is 24.4 Å². The molecular weight excluding hydrogens is 342 g/mol. The first-order chi connectivity index (χ1) is 11.4. The molecule has 11 nitrogen and oxygen atoms in total. The number of rotatable bonds is 3. The highest BCUT2D eigenvalue weighted by atomic mass is 32.2. The van der Waals surface area contributed by atoms with E-state index in [0.717, 1.165) is 4.68 Å². The first-order valence-corrected chi connectivity index (χ1v) is 8.29. The average Bonchev–Trinajstić information content (AvgIpc) is 3.00. The lowest BCUT2D eigenvalue weighted by atomic mass is 9.98. The lowest BCUT2D eigenvalue weighted by Gasteiger charge is -2.39.